The van der Waals surface area contributed by atoms with E-state index in [-0.39, 0.29) is 6.04 Å². The van der Waals surface area contributed by atoms with Crippen LogP contribution in [0.15, 0.2) is 54.7 Å². The number of pyridine rings is 1. The molecular weight excluding hydrogens is 308 g/mol. The van der Waals surface area contributed by atoms with E-state index in [0.717, 1.165) is 16.3 Å². The van der Waals surface area contributed by atoms with E-state index in [1.807, 2.05) is 55.5 Å². The van der Waals surface area contributed by atoms with Crippen molar-refractivity contribution >= 4 is 16.5 Å². The van der Waals surface area contributed by atoms with Gasteiger partial charge in [0.25, 0.3) is 0 Å². The third-order valence-corrected chi connectivity index (χ3v) is 4.40. The Morgan fingerprint density at radius 2 is 1.87 bits per heavy atom. The Labute approximate surface area is 139 Å². The largest absolute Gasteiger partial charge is 0.391 e. The molecule has 2 heterocycles. The SMILES string of the molecule is C[C@H](Nc1nnc(-c2ccccn2)s1)[C@@H](O)Cc1ccccc1. The maximum Gasteiger partial charge on any atom is 0.206 e. The Morgan fingerprint density at radius 1 is 1.09 bits per heavy atom. The third kappa shape index (κ3) is 4.12. The molecule has 0 amide bonds. The molecule has 118 valence electrons. The molecule has 1 aromatic carbocycles. The number of benzene rings is 1. The number of anilines is 1. The van der Waals surface area contributed by atoms with E-state index in [1.54, 1.807) is 6.20 Å². The van der Waals surface area contributed by atoms with Gasteiger partial charge in [-0.2, -0.15) is 0 Å². The van der Waals surface area contributed by atoms with Gasteiger partial charge >= 0.3 is 0 Å². The molecule has 5 nitrogen and oxygen atoms in total. The average Bonchev–Trinajstić information content (AvgIpc) is 3.05. The molecular formula is C17H18N4OS. The van der Waals surface area contributed by atoms with Gasteiger partial charge in [-0.05, 0) is 24.6 Å². The first-order valence-corrected chi connectivity index (χ1v) is 8.27. The quantitative estimate of drug-likeness (QED) is 0.728. The zero-order valence-electron chi connectivity index (χ0n) is 12.8. The van der Waals surface area contributed by atoms with Gasteiger partial charge in [0.1, 0.15) is 5.69 Å². The van der Waals surface area contributed by atoms with Gasteiger partial charge in [0.15, 0.2) is 5.01 Å². The summed E-state index contributed by atoms with van der Waals surface area (Å²) in [7, 11) is 0. The van der Waals surface area contributed by atoms with Crippen LogP contribution in [0.2, 0.25) is 0 Å². The molecule has 0 unspecified atom stereocenters. The molecule has 0 aliphatic heterocycles. The lowest BCUT2D eigenvalue weighted by molar-refractivity contribution is 0.158. The van der Waals surface area contributed by atoms with E-state index in [1.165, 1.54) is 11.3 Å². The van der Waals surface area contributed by atoms with Gasteiger partial charge in [-0.3, -0.25) is 4.98 Å². The summed E-state index contributed by atoms with van der Waals surface area (Å²) in [6, 6.07) is 15.5. The van der Waals surface area contributed by atoms with Crippen molar-refractivity contribution in [1.29, 1.82) is 0 Å². The summed E-state index contributed by atoms with van der Waals surface area (Å²) in [6.45, 7) is 1.94. The lowest BCUT2D eigenvalue weighted by atomic mass is 10.0. The molecule has 0 aliphatic rings. The van der Waals surface area contributed by atoms with Crippen molar-refractivity contribution in [2.45, 2.75) is 25.5 Å². The van der Waals surface area contributed by atoms with Gasteiger partial charge in [0.2, 0.25) is 5.13 Å². The monoisotopic (exact) mass is 326 g/mol. The second-order valence-corrected chi connectivity index (χ2v) is 6.29. The number of aliphatic hydroxyl groups excluding tert-OH is 1. The van der Waals surface area contributed by atoms with Gasteiger partial charge in [0.05, 0.1) is 12.1 Å². The molecule has 2 aromatic heterocycles. The Hall–Kier alpha value is -2.31. The number of aromatic nitrogens is 3. The van der Waals surface area contributed by atoms with Crippen molar-refractivity contribution in [1.82, 2.24) is 15.2 Å². The fourth-order valence-corrected chi connectivity index (χ4v) is 3.01. The molecule has 0 fully saturated rings. The number of aliphatic hydroxyl groups is 1. The maximum absolute atomic E-state index is 10.3. The third-order valence-electron chi connectivity index (χ3n) is 3.52. The second kappa shape index (κ2) is 7.30. The van der Waals surface area contributed by atoms with E-state index in [0.29, 0.717) is 11.6 Å². The molecule has 3 rings (SSSR count). The van der Waals surface area contributed by atoms with Crippen LogP contribution in [-0.2, 0) is 6.42 Å². The summed E-state index contributed by atoms with van der Waals surface area (Å²) in [6.07, 6.45) is 1.83. The molecule has 0 aliphatic carbocycles. The van der Waals surface area contributed by atoms with Gasteiger partial charge in [-0.25, -0.2) is 0 Å². The Balaban J connectivity index is 1.62. The highest BCUT2D eigenvalue weighted by atomic mass is 32.1. The van der Waals surface area contributed by atoms with Crippen LogP contribution >= 0.6 is 11.3 Å². The van der Waals surface area contributed by atoms with Crippen LogP contribution in [0.5, 0.6) is 0 Å². The lowest BCUT2D eigenvalue weighted by Crippen LogP contribution is -2.32. The average molecular weight is 326 g/mol. The van der Waals surface area contributed by atoms with Crippen LogP contribution in [0, 0.1) is 0 Å². The second-order valence-electron chi connectivity index (χ2n) is 5.32. The summed E-state index contributed by atoms with van der Waals surface area (Å²) in [5.41, 5.74) is 1.91. The molecule has 0 saturated carbocycles. The standard InChI is InChI=1S/C17H18N4OS/c1-12(15(22)11-13-7-3-2-4-8-13)19-17-21-20-16(23-17)14-9-5-6-10-18-14/h2-10,12,15,22H,11H2,1H3,(H,19,21)/t12-,15-/m0/s1. The minimum atomic E-state index is -0.500. The lowest BCUT2D eigenvalue weighted by Gasteiger charge is -2.19. The van der Waals surface area contributed by atoms with Crippen molar-refractivity contribution < 1.29 is 5.11 Å². The minimum Gasteiger partial charge on any atom is -0.391 e. The van der Waals surface area contributed by atoms with Crippen LogP contribution in [0.25, 0.3) is 10.7 Å². The maximum atomic E-state index is 10.3. The Morgan fingerprint density at radius 3 is 2.61 bits per heavy atom. The molecule has 2 atom stereocenters. The van der Waals surface area contributed by atoms with Crippen LogP contribution in [0.1, 0.15) is 12.5 Å². The van der Waals surface area contributed by atoms with Gasteiger partial charge in [-0.1, -0.05) is 47.7 Å². The Bertz CT molecular complexity index is 733. The van der Waals surface area contributed by atoms with Crippen LogP contribution in [0.3, 0.4) is 0 Å². The first-order valence-electron chi connectivity index (χ1n) is 7.46. The summed E-state index contributed by atoms with van der Waals surface area (Å²) in [4.78, 5) is 4.26. The number of hydrogen-bond acceptors (Lipinski definition) is 6. The van der Waals surface area contributed by atoms with Crippen molar-refractivity contribution in [3.8, 4) is 10.7 Å². The van der Waals surface area contributed by atoms with Crippen LogP contribution in [-0.4, -0.2) is 32.4 Å². The molecule has 0 saturated heterocycles. The smallest absolute Gasteiger partial charge is 0.206 e. The Kier molecular flexibility index (Phi) is 4.95. The molecule has 0 bridgehead atoms. The highest BCUT2D eigenvalue weighted by Crippen LogP contribution is 2.25. The number of rotatable bonds is 6. The van der Waals surface area contributed by atoms with Crippen molar-refractivity contribution in [2.24, 2.45) is 0 Å². The van der Waals surface area contributed by atoms with Gasteiger partial charge in [-0.15, -0.1) is 10.2 Å². The molecule has 0 spiro atoms. The zero-order valence-corrected chi connectivity index (χ0v) is 13.6. The predicted molar refractivity (Wildman–Crippen MR) is 92.4 cm³/mol. The summed E-state index contributed by atoms with van der Waals surface area (Å²) >= 11 is 1.43. The summed E-state index contributed by atoms with van der Waals surface area (Å²) < 4.78 is 0. The van der Waals surface area contributed by atoms with E-state index in [4.69, 9.17) is 0 Å². The number of hydrogen-bond donors (Lipinski definition) is 2. The van der Waals surface area contributed by atoms with Gasteiger partial charge in [0, 0.05) is 12.6 Å². The van der Waals surface area contributed by atoms with Crippen molar-refractivity contribution in [3.05, 3.63) is 60.3 Å². The molecule has 6 heteroatoms. The topological polar surface area (TPSA) is 70.9 Å². The fourth-order valence-electron chi connectivity index (χ4n) is 2.20. The number of nitrogens with zero attached hydrogens (tertiary/aromatic N) is 3. The zero-order chi connectivity index (χ0) is 16.1. The van der Waals surface area contributed by atoms with E-state index in [2.05, 4.69) is 20.5 Å². The number of nitrogens with one attached hydrogen (secondary N) is 1. The van der Waals surface area contributed by atoms with Gasteiger partial charge < -0.3 is 10.4 Å². The first kappa shape index (κ1) is 15.6. The fraction of sp³-hybridized carbons (Fsp3) is 0.235. The van der Waals surface area contributed by atoms with Crippen molar-refractivity contribution in [3.63, 3.8) is 0 Å². The van der Waals surface area contributed by atoms with E-state index < -0.39 is 6.10 Å². The minimum absolute atomic E-state index is 0.125. The van der Waals surface area contributed by atoms with E-state index >= 15 is 0 Å². The molecule has 2 N–H and O–H groups in total. The van der Waals surface area contributed by atoms with Crippen LogP contribution in [0.4, 0.5) is 5.13 Å². The first-order chi connectivity index (χ1) is 11.2. The highest BCUT2D eigenvalue weighted by Gasteiger charge is 2.17. The van der Waals surface area contributed by atoms with E-state index in [9.17, 15) is 5.11 Å². The highest BCUT2D eigenvalue weighted by molar-refractivity contribution is 7.18. The molecule has 3 aromatic rings. The summed E-state index contributed by atoms with van der Waals surface area (Å²) in [5, 5.41) is 23.3. The summed E-state index contributed by atoms with van der Waals surface area (Å²) in [5.74, 6) is 0. The normalized spacial score (nSPS) is 13.5. The van der Waals surface area contributed by atoms with Crippen molar-refractivity contribution in [2.75, 3.05) is 5.32 Å². The van der Waals surface area contributed by atoms with Crippen LogP contribution < -0.4 is 5.32 Å². The molecule has 23 heavy (non-hydrogen) atoms. The predicted octanol–water partition coefficient (Wildman–Crippen LogP) is 3.00. The molecule has 0 radical (unpaired) electrons.